The zero-order valence-electron chi connectivity index (χ0n) is 11.9. The van der Waals surface area contributed by atoms with E-state index < -0.39 is 11.6 Å². The summed E-state index contributed by atoms with van der Waals surface area (Å²) in [5.74, 6) is -1.61. The van der Waals surface area contributed by atoms with Gasteiger partial charge in [0.1, 0.15) is 0 Å². The Kier molecular flexibility index (Phi) is 4.37. The minimum absolute atomic E-state index is 0.116. The van der Waals surface area contributed by atoms with Crippen molar-refractivity contribution in [1.29, 1.82) is 0 Å². The minimum atomic E-state index is -0.807. The molecule has 0 spiro atoms. The van der Waals surface area contributed by atoms with E-state index in [0.29, 0.717) is 12.6 Å². The molecule has 0 aliphatic carbocycles. The van der Waals surface area contributed by atoms with Gasteiger partial charge in [0, 0.05) is 50.0 Å². The fourth-order valence-electron chi connectivity index (χ4n) is 3.12. The van der Waals surface area contributed by atoms with Crippen LogP contribution in [0.1, 0.15) is 12.8 Å². The number of nitrogens with zero attached hydrogens (tertiary/aromatic N) is 1. The van der Waals surface area contributed by atoms with Crippen LogP contribution in [0.3, 0.4) is 0 Å². The van der Waals surface area contributed by atoms with Gasteiger partial charge in [0.15, 0.2) is 11.6 Å². The Morgan fingerprint density at radius 1 is 1.14 bits per heavy atom. The van der Waals surface area contributed by atoms with Gasteiger partial charge < -0.3 is 20.6 Å². The summed E-state index contributed by atoms with van der Waals surface area (Å²) in [7, 11) is 0. The largest absolute Gasteiger partial charge is 0.390 e. The second-order valence-corrected chi connectivity index (χ2v) is 5.86. The number of halogens is 2. The van der Waals surface area contributed by atoms with E-state index in [0.717, 1.165) is 38.2 Å². The lowest BCUT2D eigenvalue weighted by Crippen LogP contribution is -2.50. The van der Waals surface area contributed by atoms with E-state index in [1.54, 1.807) is 6.07 Å². The molecule has 0 aromatic heterocycles. The molecule has 2 saturated heterocycles. The maximum Gasteiger partial charge on any atom is 0.160 e. The number of benzene rings is 1. The summed E-state index contributed by atoms with van der Waals surface area (Å²) in [4.78, 5) is 2.07. The van der Waals surface area contributed by atoms with Crippen LogP contribution in [0.4, 0.5) is 14.5 Å². The highest BCUT2D eigenvalue weighted by atomic mass is 19.2. The van der Waals surface area contributed by atoms with Gasteiger partial charge in [0.25, 0.3) is 0 Å². The monoisotopic (exact) mass is 297 g/mol. The van der Waals surface area contributed by atoms with E-state index in [4.69, 9.17) is 0 Å². The number of hydrogen-bond acceptors (Lipinski definition) is 4. The topological polar surface area (TPSA) is 47.5 Å². The highest BCUT2D eigenvalue weighted by Gasteiger charge is 2.28. The third-order valence-electron chi connectivity index (χ3n) is 4.40. The van der Waals surface area contributed by atoms with Gasteiger partial charge in [-0.05, 0) is 25.0 Å². The van der Waals surface area contributed by atoms with Gasteiger partial charge in [0.05, 0.1) is 6.10 Å². The van der Waals surface area contributed by atoms with Crippen molar-refractivity contribution in [3.05, 3.63) is 29.8 Å². The standard InChI is InChI=1S/C15H21F2N3O/c16-12-2-1-11(7-13(12)17)20-5-3-10(4-6-20)19-14-8-18-9-15(14)21/h1-2,7,10,14-15,18-19,21H,3-6,8-9H2. The molecule has 21 heavy (non-hydrogen) atoms. The summed E-state index contributed by atoms with van der Waals surface area (Å²) in [6, 6.07) is 4.54. The van der Waals surface area contributed by atoms with E-state index in [9.17, 15) is 13.9 Å². The molecule has 0 saturated carbocycles. The second kappa shape index (κ2) is 6.25. The van der Waals surface area contributed by atoms with Gasteiger partial charge in [-0.2, -0.15) is 0 Å². The number of anilines is 1. The number of rotatable bonds is 3. The van der Waals surface area contributed by atoms with E-state index in [1.165, 1.54) is 12.1 Å². The molecule has 0 bridgehead atoms. The Hall–Kier alpha value is -1.24. The average molecular weight is 297 g/mol. The van der Waals surface area contributed by atoms with Gasteiger partial charge in [-0.1, -0.05) is 0 Å². The van der Waals surface area contributed by atoms with Crippen molar-refractivity contribution in [2.24, 2.45) is 0 Å². The van der Waals surface area contributed by atoms with Gasteiger partial charge in [-0.25, -0.2) is 8.78 Å². The highest BCUT2D eigenvalue weighted by molar-refractivity contribution is 5.47. The molecule has 3 rings (SSSR count). The normalized spacial score (nSPS) is 27.3. The maximum absolute atomic E-state index is 13.3. The van der Waals surface area contributed by atoms with Crippen LogP contribution in [0.15, 0.2) is 18.2 Å². The van der Waals surface area contributed by atoms with Gasteiger partial charge >= 0.3 is 0 Å². The van der Waals surface area contributed by atoms with Crippen LogP contribution in [-0.4, -0.2) is 49.5 Å². The number of piperidine rings is 1. The van der Waals surface area contributed by atoms with Gasteiger partial charge in [-0.3, -0.25) is 0 Å². The molecule has 0 radical (unpaired) electrons. The molecule has 4 nitrogen and oxygen atoms in total. The third kappa shape index (κ3) is 3.33. The summed E-state index contributed by atoms with van der Waals surface area (Å²) >= 11 is 0. The molecule has 2 fully saturated rings. The molecule has 2 atom stereocenters. The van der Waals surface area contributed by atoms with E-state index in [-0.39, 0.29) is 12.1 Å². The lowest BCUT2D eigenvalue weighted by Gasteiger charge is -2.35. The third-order valence-corrected chi connectivity index (χ3v) is 4.40. The molecular formula is C15H21F2N3O. The first kappa shape index (κ1) is 14.7. The summed E-state index contributed by atoms with van der Waals surface area (Å²) in [5.41, 5.74) is 0.731. The quantitative estimate of drug-likeness (QED) is 0.774. The SMILES string of the molecule is OC1CNCC1NC1CCN(c2ccc(F)c(F)c2)CC1. The second-order valence-electron chi connectivity index (χ2n) is 5.86. The summed E-state index contributed by atoms with van der Waals surface area (Å²) in [5, 5.41) is 16.4. The van der Waals surface area contributed by atoms with Crippen molar-refractivity contribution >= 4 is 5.69 Å². The Balaban J connectivity index is 1.53. The Morgan fingerprint density at radius 2 is 1.90 bits per heavy atom. The van der Waals surface area contributed by atoms with Crippen molar-refractivity contribution < 1.29 is 13.9 Å². The average Bonchev–Trinajstić information content (AvgIpc) is 2.88. The Morgan fingerprint density at radius 3 is 2.52 bits per heavy atom. The van der Waals surface area contributed by atoms with Crippen LogP contribution in [0.25, 0.3) is 0 Å². The maximum atomic E-state index is 13.3. The van der Waals surface area contributed by atoms with Crippen LogP contribution < -0.4 is 15.5 Å². The van der Waals surface area contributed by atoms with Crippen LogP contribution in [0, 0.1) is 11.6 Å². The predicted molar refractivity (Wildman–Crippen MR) is 77.4 cm³/mol. The van der Waals surface area contributed by atoms with Crippen LogP contribution in [0.2, 0.25) is 0 Å². The van der Waals surface area contributed by atoms with Crippen molar-refractivity contribution in [2.75, 3.05) is 31.1 Å². The Bertz CT molecular complexity index is 492. The van der Waals surface area contributed by atoms with Crippen molar-refractivity contribution in [1.82, 2.24) is 10.6 Å². The number of nitrogens with one attached hydrogen (secondary N) is 2. The highest BCUT2D eigenvalue weighted by Crippen LogP contribution is 2.22. The molecular weight excluding hydrogens is 276 g/mol. The fraction of sp³-hybridized carbons (Fsp3) is 0.600. The van der Waals surface area contributed by atoms with Crippen LogP contribution in [0.5, 0.6) is 0 Å². The molecule has 116 valence electrons. The lowest BCUT2D eigenvalue weighted by molar-refractivity contribution is 0.153. The first-order valence-corrected chi connectivity index (χ1v) is 7.48. The number of hydrogen-bond donors (Lipinski definition) is 3. The molecule has 0 amide bonds. The lowest BCUT2D eigenvalue weighted by atomic mass is 10.0. The molecule has 2 aliphatic heterocycles. The number of β-amino-alcohol motifs (C(OH)–C–C–N with tert-alkyl or cyclic N) is 1. The molecule has 1 aromatic carbocycles. The smallest absolute Gasteiger partial charge is 0.160 e. The van der Waals surface area contributed by atoms with Crippen LogP contribution >= 0.6 is 0 Å². The molecule has 6 heteroatoms. The van der Waals surface area contributed by atoms with Crippen molar-refractivity contribution in [2.45, 2.75) is 31.0 Å². The van der Waals surface area contributed by atoms with Crippen molar-refractivity contribution in [3.63, 3.8) is 0 Å². The van der Waals surface area contributed by atoms with E-state index in [2.05, 4.69) is 15.5 Å². The molecule has 2 aliphatic rings. The van der Waals surface area contributed by atoms with E-state index in [1.807, 2.05) is 0 Å². The summed E-state index contributed by atoms with van der Waals surface area (Å²) in [6.45, 7) is 3.05. The molecule has 2 unspecified atom stereocenters. The van der Waals surface area contributed by atoms with Crippen molar-refractivity contribution in [3.8, 4) is 0 Å². The van der Waals surface area contributed by atoms with Gasteiger partial charge in [0.2, 0.25) is 0 Å². The first-order valence-electron chi connectivity index (χ1n) is 7.48. The summed E-state index contributed by atoms with van der Waals surface area (Å²) in [6.07, 6.45) is 1.54. The summed E-state index contributed by atoms with van der Waals surface area (Å²) < 4.78 is 26.2. The molecule has 2 heterocycles. The van der Waals surface area contributed by atoms with E-state index >= 15 is 0 Å². The molecule has 3 N–H and O–H groups in total. The zero-order chi connectivity index (χ0) is 14.8. The first-order chi connectivity index (χ1) is 10.1. The zero-order valence-corrected chi connectivity index (χ0v) is 11.9. The minimum Gasteiger partial charge on any atom is -0.390 e. The number of aliphatic hydroxyl groups is 1. The van der Waals surface area contributed by atoms with Crippen LogP contribution in [-0.2, 0) is 0 Å². The fourth-order valence-corrected chi connectivity index (χ4v) is 3.12. The number of aliphatic hydroxyl groups excluding tert-OH is 1. The molecule has 1 aromatic rings. The Labute approximate surface area is 123 Å². The predicted octanol–water partition coefficient (Wildman–Crippen LogP) is 0.856. The van der Waals surface area contributed by atoms with Gasteiger partial charge in [-0.15, -0.1) is 0 Å².